The number of hydrogen-bond donors (Lipinski definition) is 0. The lowest BCUT2D eigenvalue weighted by Gasteiger charge is -2.26. The van der Waals surface area contributed by atoms with Crippen LogP contribution in [0.3, 0.4) is 0 Å². The first-order valence-corrected chi connectivity index (χ1v) is 13.8. The van der Waals surface area contributed by atoms with Crippen molar-refractivity contribution in [2.75, 3.05) is 16.9 Å². The van der Waals surface area contributed by atoms with Gasteiger partial charge < -0.3 is 14.5 Å². The van der Waals surface area contributed by atoms with Crippen molar-refractivity contribution in [1.82, 2.24) is 0 Å². The van der Waals surface area contributed by atoms with Crippen LogP contribution in [0.1, 0.15) is 10.4 Å². The van der Waals surface area contributed by atoms with Gasteiger partial charge in [-0.25, -0.2) is 0 Å². The van der Waals surface area contributed by atoms with E-state index in [-0.39, 0.29) is 0 Å². The monoisotopic (exact) mass is 546 g/mol. The molecule has 0 aromatic heterocycles. The number of rotatable bonds is 9. The van der Waals surface area contributed by atoms with Gasteiger partial charge in [0.25, 0.3) is 0 Å². The Morgan fingerprint density at radius 1 is 0.452 bits per heavy atom. The fraction of sp³-hybridized carbons (Fsp3) is 0.0263. The van der Waals surface area contributed by atoms with Gasteiger partial charge in [-0.15, -0.1) is 0 Å². The first-order chi connectivity index (χ1) is 20.7. The Kier molecular flexibility index (Phi) is 7.78. The third kappa shape index (κ3) is 5.65. The third-order valence-electron chi connectivity index (χ3n) is 7.19. The Morgan fingerprint density at radius 3 is 1.36 bits per heavy atom. The number of anilines is 6. The van der Waals surface area contributed by atoms with Crippen LogP contribution in [0.15, 0.2) is 158 Å². The predicted octanol–water partition coefficient (Wildman–Crippen LogP) is 10.1. The summed E-state index contributed by atoms with van der Waals surface area (Å²) >= 11 is 0. The molecule has 0 fully saturated rings. The summed E-state index contributed by atoms with van der Waals surface area (Å²) in [6, 6.07) is 53.4. The maximum atomic E-state index is 11.5. The smallest absolute Gasteiger partial charge is 0.150 e. The quantitative estimate of drug-likeness (QED) is 0.169. The van der Waals surface area contributed by atoms with E-state index in [4.69, 9.17) is 4.74 Å². The van der Waals surface area contributed by atoms with Crippen molar-refractivity contribution < 1.29 is 9.53 Å². The normalized spacial score (nSPS) is 10.6. The van der Waals surface area contributed by atoms with E-state index in [1.807, 2.05) is 78.9 Å². The molecular weight excluding hydrogens is 516 g/mol. The molecule has 0 N–H and O–H groups in total. The molecule has 6 aromatic carbocycles. The Bertz CT molecular complexity index is 1770. The van der Waals surface area contributed by atoms with E-state index in [9.17, 15) is 4.79 Å². The van der Waals surface area contributed by atoms with Gasteiger partial charge in [-0.2, -0.15) is 0 Å². The average Bonchev–Trinajstić information content (AvgIpc) is 3.07. The number of ether oxygens (including phenoxy) is 1. The first-order valence-electron chi connectivity index (χ1n) is 13.8. The second-order valence-corrected chi connectivity index (χ2v) is 9.85. The minimum Gasteiger partial charge on any atom is -0.497 e. The molecule has 0 bridgehead atoms. The Morgan fingerprint density at radius 2 is 0.881 bits per heavy atom. The van der Waals surface area contributed by atoms with Crippen molar-refractivity contribution in [1.29, 1.82) is 0 Å². The highest BCUT2D eigenvalue weighted by Crippen LogP contribution is 2.38. The van der Waals surface area contributed by atoms with Crippen molar-refractivity contribution >= 4 is 40.4 Å². The minimum atomic E-state index is 0.642. The Hall–Kier alpha value is -5.61. The topological polar surface area (TPSA) is 32.8 Å². The standard InChI is InChI=1S/C38H30N2O2/c1-42-38-17-9-16-37(27-38)40(33-13-6-3-7-14-33)35-24-20-31(21-25-35)30-18-22-34(23-19-30)39(32-11-4-2-5-12-32)36-15-8-10-29(26-36)28-41/h2-28H,1H3. The molecule has 6 aromatic rings. The van der Waals surface area contributed by atoms with Crippen LogP contribution in [0.25, 0.3) is 11.1 Å². The van der Waals surface area contributed by atoms with E-state index in [0.717, 1.165) is 57.3 Å². The first kappa shape index (κ1) is 26.6. The van der Waals surface area contributed by atoms with Gasteiger partial charge in [0.15, 0.2) is 0 Å². The molecule has 0 aliphatic carbocycles. The summed E-state index contributed by atoms with van der Waals surface area (Å²) in [5, 5.41) is 0. The summed E-state index contributed by atoms with van der Waals surface area (Å²) in [6.07, 6.45) is 0.882. The highest BCUT2D eigenvalue weighted by molar-refractivity contribution is 5.83. The molecule has 6 rings (SSSR count). The number of methoxy groups -OCH3 is 1. The average molecular weight is 547 g/mol. The fourth-order valence-corrected chi connectivity index (χ4v) is 5.14. The molecule has 0 atom stereocenters. The maximum absolute atomic E-state index is 11.5. The van der Waals surface area contributed by atoms with E-state index in [2.05, 4.69) is 88.7 Å². The van der Waals surface area contributed by atoms with E-state index < -0.39 is 0 Å². The molecule has 0 aliphatic heterocycles. The van der Waals surface area contributed by atoms with Crippen molar-refractivity contribution in [3.05, 3.63) is 163 Å². The summed E-state index contributed by atoms with van der Waals surface area (Å²) in [7, 11) is 1.69. The zero-order chi connectivity index (χ0) is 28.7. The summed E-state index contributed by atoms with van der Waals surface area (Å²) in [4.78, 5) is 15.9. The van der Waals surface area contributed by atoms with E-state index in [1.54, 1.807) is 7.11 Å². The lowest BCUT2D eigenvalue weighted by atomic mass is 10.0. The van der Waals surface area contributed by atoms with E-state index in [1.165, 1.54) is 0 Å². The van der Waals surface area contributed by atoms with Crippen molar-refractivity contribution in [2.24, 2.45) is 0 Å². The second-order valence-electron chi connectivity index (χ2n) is 9.85. The van der Waals surface area contributed by atoms with E-state index >= 15 is 0 Å². The molecule has 0 heterocycles. The van der Waals surface area contributed by atoms with Crippen LogP contribution < -0.4 is 14.5 Å². The highest BCUT2D eigenvalue weighted by Gasteiger charge is 2.15. The Balaban J connectivity index is 1.32. The molecule has 0 saturated carbocycles. The van der Waals surface area contributed by atoms with Crippen LogP contribution in [0.4, 0.5) is 34.1 Å². The Labute approximate surface area is 246 Å². The van der Waals surface area contributed by atoms with Crippen LogP contribution in [0, 0.1) is 0 Å². The molecule has 0 unspecified atom stereocenters. The zero-order valence-electron chi connectivity index (χ0n) is 23.3. The van der Waals surface area contributed by atoms with Gasteiger partial charge in [0.2, 0.25) is 0 Å². The number of benzene rings is 6. The van der Waals surface area contributed by atoms with Crippen molar-refractivity contribution in [3.8, 4) is 16.9 Å². The summed E-state index contributed by atoms with van der Waals surface area (Å²) < 4.78 is 5.50. The molecule has 4 heteroatoms. The van der Waals surface area contributed by atoms with Crippen LogP contribution >= 0.6 is 0 Å². The van der Waals surface area contributed by atoms with Crippen molar-refractivity contribution in [2.45, 2.75) is 0 Å². The number of nitrogens with zero attached hydrogens (tertiary/aromatic N) is 2. The van der Waals surface area contributed by atoms with Crippen LogP contribution in [-0.2, 0) is 0 Å². The molecule has 0 saturated heterocycles. The minimum absolute atomic E-state index is 0.642. The maximum Gasteiger partial charge on any atom is 0.150 e. The van der Waals surface area contributed by atoms with Crippen molar-refractivity contribution in [3.63, 3.8) is 0 Å². The molecule has 4 nitrogen and oxygen atoms in total. The number of carbonyl (C=O) groups is 1. The predicted molar refractivity (Wildman–Crippen MR) is 173 cm³/mol. The van der Waals surface area contributed by atoms with Crippen LogP contribution in [0.5, 0.6) is 5.75 Å². The summed E-state index contributed by atoms with van der Waals surface area (Å²) in [5.74, 6) is 0.813. The second kappa shape index (κ2) is 12.3. The molecule has 42 heavy (non-hydrogen) atoms. The van der Waals surface area contributed by atoms with Gasteiger partial charge in [-0.05, 0) is 83.9 Å². The molecule has 0 spiro atoms. The molecule has 0 amide bonds. The van der Waals surface area contributed by atoms with Gasteiger partial charge >= 0.3 is 0 Å². The van der Waals surface area contributed by atoms with Crippen LogP contribution in [-0.4, -0.2) is 13.4 Å². The summed E-state index contributed by atoms with van der Waals surface area (Å²) in [5.41, 5.74) is 9.00. The van der Waals surface area contributed by atoms with Gasteiger partial charge in [0, 0.05) is 45.8 Å². The molecule has 204 valence electrons. The lowest BCUT2D eigenvalue weighted by Crippen LogP contribution is -2.10. The molecular formula is C38H30N2O2. The largest absolute Gasteiger partial charge is 0.497 e. The third-order valence-corrected chi connectivity index (χ3v) is 7.19. The molecule has 0 radical (unpaired) electrons. The lowest BCUT2D eigenvalue weighted by molar-refractivity contribution is 0.112. The summed E-state index contributed by atoms with van der Waals surface area (Å²) in [6.45, 7) is 0. The molecule has 0 aliphatic rings. The fourth-order valence-electron chi connectivity index (χ4n) is 5.14. The SMILES string of the molecule is COc1cccc(N(c2ccccc2)c2ccc(-c3ccc(N(c4ccccc4)c4cccc(C=O)c4)cc3)cc2)c1. The van der Waals surface area contributed by atoms with Gasteiger partial charge in [0.1, 0.15) is 12.0 Å². The highest BCUT2D eigenvalue weighted by atomic mass is 16.5. The number of carbonyl (C=O) groups excluding carboxylic acids is 1. The zero-order valence-corrected chi connectivity index (χ0v) is 23.3. The number of para-hydroxylation sites is 2. The number of hydrogen-bond acceptors (Lipinski definition) is 4. The van der Waals surface area contributed by atoms with Gasteiger partial charge in [-0.1, -0.05) is 78.9 Å². The van der Waals surface area contributed by atoms with Gasteiger partial charge in [0.05, 0.1) is 7.11 Å². The van der Waals surface area contributed by atoms with E-state index in [0.29, 0.717) is 5.56 Å². The number of aldehydes is 1. The van der Waals surface area contributed by atoms with Gasteiger partial charge in [-0.3, -0.25) is 4.79 Å². The van der Waals surface area contributed by atoms with Crippen LogP contribution in [0.2, 0.25) is 0 Å².